The minimum atomic E-state index is -4.26. The van der Waals surface area contributed by atoms with Gasteiger partial charge in [0.05, 0.1) is 5.52 Å². The minimum Gasteiger partial charge on any atom is -0.356 e. The molecule has 2 aliphatic rings. The molecule has 0 saturated carbocycles. The van der Waals surface area contributed by atoms with Crippen molar-refractivity contribution in [1.82, 2.24) is 20.8 Å². The second-order valence-electron chi connectivity index (χ2n) is 6.03. The van der Waals surface area contributed by atoms with E-state index in [1.807, 2.05) is 29.2 Å². The maximum absolute atomic E-state index is 13.2. The Morgan fingerprint density at radius 2 is 1.96 bits per heavy atom. The van der Waals surface area contributed by atoms with Gasteiger partial charge in [-0.2, -0.15) is 13.2 Å². The maximum Gasteiger partial charge on any atom is 0.405 e. The third-order valence-corrected chi connectivity index (χ3v) is 4.68. The molecule has 3 heterocycles. The first-order chi connectivity index (χ1) is 11.0. The molecule has 23 heavy (non-hydrogen) atoms. The molecule has 2 aliphatic heterocycles. The van der Waals surface area contributed by atoms with E-state index in [0.29, 0.717) is 25.3 Å². The van der Waals surface area contributed by atoms with E-state index in [9.17, 15) is 13.2 Å². The van der Waals surface area contributed by atoms with E-state index in [1.165, 1.54) is 6.33 Å². The van der Waals surface area contributed by atoms with Crippen LogP contribution in [0.15, 0.2) is 30.6 Å². The van der Waals surface area contributed by atoms with Gasteiger partial charge in [0, 0.05) is 30.4 Å². The molecule has 0 amide bonds. The van der Waals surface area contributed by atoms with E-state index in [2.05, 4.69) is 20.8 Å². The number of para-hydroxylation sites is 1. The van der Waals surface area contributed by atoms with Crippen LogP contribution in [0.2, 0.25) is 0 Å². The molecule has 2 aromatic rings. The number of hydrogen-bond donors (Lipinski definition) is 2. The SMILES string of the molecule is FC(F)(F)C1NNC2CCN(c3ncnc4ccccc34)CC21. The van der Waals surface area contributed by atoms with E-state index >= 15 is 0 Å². The van der Waals surface area contributed by atoms with Crippen LogP contribution >= 0.6 is 0 Å². The highest BCUT2D eigenvalue weighted by Crippen LogP contribution is 2.36. The van der Waals surface area contributed by atoms with Gasteiger partial charge in [-0.25, -0.2) is 15.4 Å². The molecule has 2 fully saturated rings. The largest absolute Gasteiger partial charge is 0.405 e. The van der Waals surface area contributed by atoms with E-state index in [-0.39, 0.29) is 6.04 Å². The van der Waals surface area contributed by atoms with E-state index in [4.69, 9.17) is 0 Å². The fourth-order valence-electron chi connectivity index (χ4n) is 3.56. The van der Waals surface area contributed by atoms with Crippen LogP contribution < -0.4 is 15.8 Å². The Morgan fingerprint density at radius 1 is 1.13 bits per heavy atom. The van der Waals surface area contributed by atoms with Gasteiger partial charge in [-0.3, -0.25) is 5.43 Å². The summed E-state index contributed by atoms with van der Waals surface area (Å²) in [4.78, 5) is 10.5. The number of aromatic nitrogens is 2. The summed E-state index contributed by atoms with van der Waals surface area (Å²) in [5.74, 6) is 0.180. The molecule has 2 saturated heterocycles. The van der Waals surface area contributed by atoms with Gasteiger partial charge in [-0.1, -0.05) is 12.1 Å². The molecule has 4 rings (SSSR count). The van der Waals surface area contributed by atoms with Crippen LogP contribution in [0.4, 0.5) is 19.0 Å². The average Bonchev–Trinajstić information content (AvgIpc) is 2.97. The molecule has 3 atom stereocenters. The quantitative estimate of drug-likeness (QED) is 0.839. The molecular weight excluding hydrogens is 307 g/mol. The van der Waals surface area contributed by atoms with Crippen molar-refractivity contribution in [3.63, 3.8) is 0 Å². The lowest BCUT2D eigenvalue weighted by atomic mass is 9.88. The van der Waals surface area contributed by atoms with Crippen LogP contribution in [-0.2, 0) is 0 Å². The zero-order chi connectivity index (χ0) is 16.0. The molecule has 8 heteroatoms. The lowest BCUT2D eigenvalue weighted by Gasteiger charge is -2.37. The van der Waals surface area contributed by atoms with Crippen LogP contribution in [0, 0.1) is 5.92 Å². The highest BCUT2D eigenvalue weighted by molar-refractivity contribution is 5.89. The maximum atomic E-state index is 13.2. The number of nitrogens with zero attached hydrogens (tertiary/aromatic N) is 3. The van der Waals surface area contributed by atoms with Crippen molar-refractivity contribution in [3.05, 3.63) is 30.6 Å². The summed E-state index contributed by atoms with van der Waals surface area (Å²) >= 11 is 0. The van der Waals surface area contributed by atoms with Crippen molar-refractivity contribution in [1.29, 1.82) is 0 Å². The second kappa shape index (κ2) is 5.31. The van der Waals surface area contributed by atoms with Gasteiger partial charge in [0.1, 0.15) is 18.2 Å². The molecule has 2 N–H and O–H groups in total. The van der Waals surface area contributed by atoms with Crippen molar-refractivity contribution in [2.75, 3.05) is 18.0 Å². The fourth-order valence-corrected chi connectivity index (χ4v) is 3.56. The van der Waals surface area contributed by atoms with Crippen LogP contribution in [-0.4, -0.2) is 41.3 Å². The molecule has 3 unspecified atom stereocenters. The van der Waals surface area contributed by atoms with Crippen molar-refractivity contribution in [2.45, 2.75) is 24.7 Å². The summed E-state index contributed by atoms with van der Waals surface area (Å²) in [6.45, 7) is 0.983. The summed E-state index contributed by atoms with van der Waals surface area (Å²) in [6, 6.07) is 5.87. The van der Waals surface area contributed by atoms with Gasteiger partial charge in [0.15, 0.2) is 0 Å². The van der Waals surface area contributed by atoms with Gasteiger partial charge in [-0.15, -0.1) is 0 Å². The van der Waals surface area contributed by atoms with E-state index in [1.54, 1.807) is 0 Å². The van der Waals surface area contributed by atoms with E-state index < -0.39 is 18.1 Å². The average molecular weight is 323 g/mol. The number of rotatable bonds is 1. The minimum absolute atomic E-state index is 0.161. The number of hydrogen-bond acceptors (Lipinski definition) is 5. The Bertz CT molecular complexity index is 714. The summed E-state index contributed by atoms with van der Waals surface area (Å²) in [6.07, 6.45) is -2.15. The Hall–Kier alpha value is -1.93. The van der Waals surface area contributed by atoms with Crippen molar-refractivity contribution in [3.8, 4) is 0 Å². The lowest BCUT2D eigenvalue weighted by Crippen LogP contribution is -2.50. The number of nitrogens with one attached hydrogen (secondary N) is 2. The van der Waals surface area contributed by atoms with Crippen LogP contribution in [0.3, 0.4) is 0 Å². The second-order valence-corrected chi connectivity index (χ2v) is 6.03. The Balaban J connectivity index is 1.66. The Kier molecular flexibility index (Phi) is 3.38. The molecule has 1 aromatic carbocycles. The van der Waals surface area contributed by atoms with Gasteiger partial charge in [0.2, 0.25) is 0 Å². The zero-order valence-corrected chi connectivity index (χ0v) is 12.2. The highest BCUT2D eigenvalue weighted by atomic mass is 19.4. The molecule has 5 nitrogen and oxygen atoms in total. The highest BCUT2D eigenvalue weighted by Gasteiger charge is 2.52. The number of halogens is 3. The molecule has 0 aliphatic carbocycles. The number of anilines is 1. The van der Waals surface area contributed by atoms with Crippen LogP contribution in [0.5, 0.6) is 0 Å². The first kappa shape index (κ1) is 14.6. The smallest absolute Gasteiger partial charge is 0.356 e. The number of fused-ring (bicyclic) bond motifs is 2. The molecule has 0 radical (unpaired) electrons. The Labute approximate surface area is 130 Å². The predicted molar refractivity (Wildman–Crippen MR) is 79.8 cm³/mol. The standard InChI is InChI=1S/C15H16F3N5/c16-15(17,18)13-10-7-23(6-5-12(10)21-22-13)14-9-3-1-2-4-11(9)19-8-20-14/h1-4,8,10,12-13,21-22H,5-7H2. The molecular formula is C15H16F3N5. The predicted octanol–water partition coefficient (Wildman–Crippen LogP) is 1.86. The number of piperidine rings is 1. The number of benzene rings is 1. The summed E-state index contributed by atoms with van der Waals surface area (Å²) in [5.41, 5.74) is 6.01. The molecule has 0 spiro atoms. The summed E-state index contributed by atoms with van der Waals surface area (Å²) < 4.78 is 39.5. The zero-order valence-electron chi connectivity index (χ0n) is 12.2. The molecule has 122 valence electrons. The lowest BCUT2D eigenvalue weighted by molar-refractivity contribution is -0.161. The normalized spacial score (nSPS) is 28.1. The Morgan fingerprint density at radius 3 is 2.78 bits per heavy atom. The molecule has 1 aromatic heterocycles. The van der Waals surface area contributed by atoms with Crippen LogP contribution in [0.25, 0.3) is 10.9 Å². The molecule has 0 bridgehead atoms. The van der Waals surface area contributed by atoms with Crippen LogP contribution in [0.1, 0.15) is 6.42 Å². The third kappa shape index (κ3) is 2.51. The number of alkyl halides is 3. The van der Waals surface area contributed by atoms with Gasteiger partial charge in [0.25, 0.3) is 0 Å². The topological polar surface area (TPSA) is 53.1 Å². The van der Waals surface area contributed by atoms with Gasteiger partial charge in [-0.05, 0) is 18.6 Å². The summed E-state index contributed by atoms with van der Waals surface area (Å²) in [7, 11) is 0. The fraction of sp³-hybridized carbons (Fsp3) is 0.467. The first-order valence-corrected chi connectivity index (χ1v) is 7.56. The van der Waals surface area contributed by atoms with Gasteiger partial charge >= 0.3 is 6.18 Å². The van der Waals surface area contributed by atoms with Crippen molar-refractivity contribution in [2.24, 2.45) is 5.92 Å². The first-order valence-electron chi connectivity index (χ1n) is 7.56. The summed E-state index contributed by atoms with van der Waals surface area (Å²) in [5, 5.41) is 0.871. The number of hydrazine groups is 1. The van der Waals surface area contributed by atoms with Gasteiger partial charge < -0.3 is 4.90 Å². The third-order valence-electron chi connectivity index (χ3n) is 4.68. The van der Waals surface area contributed by atoms with E-state index in [0.717, 1.165) is 10.9 Å². The van der Waals surface area contributed by atoms with Crippen molar-refractivity contribution >= 4 is 16.7 Å². The monoisotopic (exact) mass is 323 g/mol. The van der Waals surface area contributed by atoms with Crippen molar-refractivity contribution < 1.29 is 13.2 Å².